The van der Waals surface area contributed by atoms with E-state index in [2.05, 4.69) is 21.3 Å². The number of hydrogen-bond donors (Lipinski definition) is 8. The van der Waals surface area contributed by atoms with E-state index in [1.807, 2.05) is 0 Å². The molecule has 0 aromatic heterocycles. The lowest BCUT2D eigenvalue weighted by atomic mass is 10.0. The Hall–Kier alpha value is -4.96. The Balaban J connectivity index is 2.18. The van der Waals surface area contributed by atoms with Crippen LogP contribution < -0.4 is 27.0 Å². The second kappa shape index (κ2) is 19.5. The van der Waals surface area contributed by atoms with Gasteiger partial charge >= 0.3 is 17.9 Å². The highest BCUT2D eigenvalue weighted by Crippen LogP contribution is 2.08. The third-order valence-electron chi connectivity index (χ3n) is 6.80. The van der Waals surface area contributed by atoms with Crippen LogP contribution in [-0.2, 0) is 46.4 Å². The molecule has 0 bridgehead atoms. The first-order chi connectivity index (χ1) is 22.3. The molecule has 5 unspecified atom stereocenters. The van der Waals surface area contributed by atoms with Crippen LogP contribution in [0, 0.1) is 0 Å². The number of nitrogens with two attached hydrogens (primary N) is 1. The zero-order chi connectivity index (χ0) is 34.9. The summed E-state index contributed by atoms with van der Waals surface area (Å²) in [5, 5.41) is 37.6. The van der Waals surface area contributed by atoms with Gasteiger partial charge in [-0.1, -0.05) is 60.7 Å². The van der Waals surface area contributed by atoms with Crippen LogP contribution in [0.1, 0.15) is 30.4 Å². The molecule has 4 amide bonds. The summed E-state index contributed by atoms with van der Waals surface area (Å²) in [6, 6.07) is 9.88. The molecule has 0 saturated carbocycles. The summed E-state index contributed by atoms with van der Waals surface area (Å²) in [5.74, 6) is -7.98. The quantitative estimate of drug-likeness (QED) is 0.0888. The van der Waals surface area contributed by atoms with Gasteiger partial charge in [0.1, 0.15) is 24.2 Å². The van der Waals surface area contributed by atoms with Crippen molar-refractivity contribution in [2.45, 2.75) is 62.3 Å². The van der Waals surface area contributed by atoms with E-state index in [0.29, 0.717) is 11.3 Å². The van der Waals surface area contributed by atoms with Crippen molar-refractivity contribution >= 4 is 53.3 Å². The Bertz CT molecular complexity index is 1400. The summed E-state index contributed by atoms with van der Waals surface area (Å²) >= 11 is 1.37. The minimum atomic E-state index is -1.83. The molecule has 0 radical (unpaired) electrons. The van der Waals surface area contributed by atoms with Crippen molar-refractivity contribution in [3.63, 3.8) is 0 Å². The van der Waals surface area contributed by atoms with Crippen LogP contribution >= 0.6 is 11.8 Å². The maximum Gasteiger partial charge on any atom is 0.326 e. The number of carboxylic acids is 3. The van der Waals surface area contributed by atoms with Gasteiger partial charge in [0.25, 0.3) is 0 Å². The number of benzene rings is 2. The van der Waals surface area contributed by atoms with Crippen LogP contribution in [0.4, 0.5) is 0 Å². The molecular weight excluding hydrogens is 634 g/mol. The molecule has 254 valence electrons. The van der Waals surface area contributed by atoms with E-state index < -0.39 is 84.6 Å². The monoisotopic (exact) mass is 673 g/mol. The van der Waals surface area contributed by atoms with E-state index in [0.717, 1.165) is 5.56 Å². The standard InChI is InChI=1S/C31H39N5O10S/c1-47-13-12-21(33-27(41)20(32)14-18-8-4-2-5-9-18)28(42)34-22(16-25(37)38)29(43)35-23(17-26(39)40)30(44)36-24(31(45)46)15-19-10-6-3-7-11-19/h2-11,20-24H,12-17,32H2,1H3,(H,33,41)(H,34,42)(H,35,43)(H,36,44)(H,37,38)(H,39,40)(H,45,46). The summed E-state index contributed by atoms with van der Waals surface area (Å²) < 4.78 is 0. The van der Waals surface area contributed by atoms with Crippen LogP contribution in [0.3, 0.4) is 0 Å². The van der Waals surface area contributed by atoms with E-state index in [4.69, 9.17) is 5.73 Å². The van der Waals surface area contributed by atoms with Crippen molar-refractivity contribution in [3.8, 4) is 0 Å². The normalized spacial score (nSPS) is 13.9. The molecule has 0 aliphatic carbocycles. The molecule has 5 atom stereocenters. The van der Waals surface area contributed by atoms with Crippen LogP contribution in [-0.4, -0.2) is 99.1 Å². The first-order valence-corrected chi connectivity index (χ1v) is 15.9. The molecule has 0 aliphatic heterocycles. The van der Waals surface area contributed by atoms with Crippen LogP contribution in [0.15, 0.2) is 60.7 Å². The van der Waals surface area contributed by atoms with Crippen LogP contribution in [0.5, 0.6) is 0 Å². The van der Waals surface area contributed by atoms with Crippen molar-refractivity contribution in [1.82, 2.24) is 21.3 Å². The van der Waals surface area contributed by atoms with Gasteiger partial charge in [-0.15, -0.1) is 0 Å². The van der Waals surface area contributed by atoms with Crippen LogP contribution in [0.2, 0.25) is 0 Å². The zero-order valence-corrected chi connectivity index (χ0v) is 26.4. The number of carbonyl (C=O) groups excluding carboxylic acids is 4. The first kappa shape index (κ1) is 38.2. The zero-order valence-electron chi connectivity index (χ0n) is 25.6. The summed E-state index contributed by atoms with van der Waals surface area (Å²) in [5.41, 5.74) is 7.40. The SMILES string of the molecule is CSCCC(NC(=O)C(N)Cc1ccccc1)C(=O)NC(CC(=O)O)C(=O)NC(CC(=O)O)C(=O)NC(Cc1ccccc1)C(=O)O. The van der Waals surface area contributed by atoms with Crippen molar-refractivity contribution in [3.05, 3.63) is 71.8 Å². The van der Waals surface area contributed by atoms with Gasteiger partial charge in [-0.2, -0.15) is 11.8 Å². The number of carbonyl (C=O) groups is 7. The topological polar surface area (TPSA) is 254 Å². The van der Waals surface area contributed by atoms with E-state index >= 15 is 0 Å². The maximum absolute atomic E-state index is 13.3. The summed E-state index contributed by atoms with van der Waals surface area (Å²) in [4.78, 5) is 87.3. The van der Waals surface area contributed by atoms with E-state index in [1.54, 1.807) is 66.9 Å². The van der Waals surface area contributed by atoms with E-state index in [-0.39, 0.29) is 19.3 Å². The molecule has 15 nitrogen and oxygen atoms in total. The first-order valence-electron chi connectivity index (χ1n) is 14.5. The molecule has 47 heavy (non-hydrogen) atoms. The average molecular weight is 674 g/mol. The minimum Gasteiger partial charge on any atom is -0.481 e. The molecule has 0 fully saturated rings. The summed E-state index contributed by atoms with van der Waals surface area (Å²) in [6.45, 7) is 0. The van der Waals surface area contributed by atoms with Gasteiger partial charge in [0, 0.05) is 6.42 Å². The number of rotatable bonds is 20. The van der Waals surface area contributed by atoms with Gasteiger partial charge < -0.3 is 42.3 Å². The molecule has 2 aromatic carbocycles. The smallest absolute Gasteiger partial charge is 0.326 e. The van der Waals surface area contributed by atoms with Crippen molar-refractivity contribution in [2.75, 3.05) is 12.0 Å². The Morgan fingerprint density at radius 2 is 1.02 bits per heavy atom. The molecule has 0 aliphatic rings. The molecule has 0 spiro atoms. The van der Waals surface area contributed by atoms with Gasteiger partial charge in [0.05, 0.1) is 18.9 Å². The number of aliphatic carboxylic acids is 3. The van der Waals surface area contributed by atoms with Crippen molar-refractivity contribution in [1.29, 1.82) is 0 Å². The number of amides is 4. The van der Waals surface area contributed by atoms with Gasteiger partial charge in [-0.25, -0.2) is 4.79 Å². The van der Waals surface area contributed by atoms with E-state index in [1.165, 1.54) is 11.8 Å². The lowest BCUT2D eigenvalue weighted by Crippen LogP contribution is -2.59. The van der Waals surface area contributed by atoms with Gasteiger partial charge in [-0.3, -0.25) is 28.8 Å². The number of thioether (sulfide) groups is 1. The fourth-order valence-electron chi connectivity index (χ4n) is 4.38. The third-order valence-corrected chi connectivity index (χ3v) is 7.44. The molecule has 16 heteroatoms. The summed E-state index contributed by atoms with van der Waals surface area (Å²) in [7, 11) is 0. The van der Waals surface area contributed by atoms with Crippen molar-refractivity contribution in [2.24, 2.45) is 5.73 Å². The lowest BCUT2D eigenvalue weighted by Gasteiger charge is -2.25. The van der Waals surface area contributed by atoms with Gasteiger partial charge in [0.2, 0.25) is 23.6 Å². The molecule has 0 heterocycles. The molecule has 2 aromatic rings. The Morgan fingerprint density at radius 3 is 1.45 bits per heavy atom. The summed E-state index contributed by atoms with van der Waals surface area (Å²) in [6.07, 6.45) is -0.0440. The number of carboxylic acid groups (broad SMARTS) is 3. The van der Waals surface area contributed by atoms with Gasteiger partial charge in [-0.05, 0) is 36.0 Å². The lowest BCUT2D eigenvalue weighted by molar-refractivity contribution is -0.145. The third kappa shape index (κ3) is 13.9. The Labute approximate surface area is 275 Å². The van der Waals surface area contributed by atoms with Crippen molar-refractivity contribution < 1.29 is 48.9 Å². The minimum absolute atomic E-state index is 0.0975. The predicted octanol–water partition coefficient (Wildman–Crippen LogP) is -0.475. The highest BCUT2D eigenvalue weighted by atomic mass is 32.2. The van der Waals surface area contributed by atoms with Crippen LogP contribution in [0.25, 0.3) is 0 Å². The Morgan fingerprint density at radius 1 is 0.617 bits per heavy atom. The second-order valence-corrected chi connectivity index (χ2v) is 11.5. The average Bonchev–Trinajstić information content (AvgIpc) is 3.02. The number of nitrogens with one attached hydrogen (secondary N) is 4. The fourth-order valence-corrected chi connectivity index (χ4v) is 4.85. The highest BCUT2D eigenvalue weighted by molar-refractivity contribution is 7.98. The van der Waals surface area contributed by atoms with Gasteiger partial charge in [0.15, 0.2) is 0 Å². The molecule has 9 N–H and O–H groups in total. The fraction of sp³-hybridized carbons (Fsp3) is 0.387. The number of hydrogen-bond acceptors (Lipinski definition) is 9. The Kier molecular flexibility index (Phi) is 15.9. The maximum atomic E-state index is 13.3. The highest BCUT2D eigenvalue weighted by Gasteiger charge is 2.33. The molecular formula is C31H39N5O10S. The predicted molar refractivity (Wildman–Crippen MR) is 171 cm³/mol. The molecule has 0 saturated heterocycles. The second-order valence-electron chi connectivity index (χ2n) is 10.5. The largest absolute Gasteiger partial charge is 0.481 e. The van der Waals surface area contributed by atoms with E-state index in [9.17, 15) is 48.9 Å². The molecule has 2 rings (SSSR count).